The second-order valence-corrected chi connectivity index (χ2v) is 4.01. The molecule has 0 aromatic heterocycles. The van der Waals surface area contributed by atoms with Crippen molar-refractivity contribution in [2.45, 2.75) is 13.0 Å². The summed E-state index contributed by atoms with van der Waals surface area (Å²) in [7, 11) is 0. The lowest BCUT2D eigenvalue weighted by Gasteiger charge is -2.13. The van der Waals surface area contributed by atoms with Crippen molar-refractivity contribution in [3.63, 3.8) is 0 Å². The molecule has 0 aliphatic carbocycles. The standard InChI is InChI=1S/C14H18N2O4/c1-2-19-14(18)9-16-8-12(17)10-20-13-6-4-3-5-11(13)7-15/h3-6,12,16-17H,2,8-10H2,1H3. The summed E-state index contributed by atoms with van der Waals surface area (Å²) in [5.74, 6) is 0.0647. The monoisotopic (exact) mass is 278 g/mol. The Balaban J connectivity index is 2.28. The number of ether oxygens (including phenoxy) is 2. The van der Waals surface area contributed by atoms with Gasteiger partial charge in [-0.2, -0.15) is 5.26 Å². The van der Waals surface area contributed by atoms with E-state index in [1.807, 2.05) is 6.07 Å². The van der Waals surface area contributed by atoms with Crippen molar-refractivity contribution in [3.8, 4) is 11.8 Å². The zero-order valence-electron chi connectivity index (χ0n) is 11.3. The van der Waals surface area contributed by atoms with E-state index in [0.29, 0.717) is 17.9 Å². The largest absolute Gasteiger partial charge is 0.489 e. The van der Waals surface area contributed by atoms with Crippen molar-refractivity contribution >= 4 is 5.97 Å². The third-order valence-electron chi connectivity index (χ3n) is 2.39. The second kappa shape index (κ2) is 8.91. The van der Waals surface area contributed by atoms with Gasteiger partial charge >= 0.3 is 5.97 Å². The molecule has 2 N–H and O–H groups in total. The van der Waals surface area contributed by atoms with Crippen molar-refractivity contribution in [2.75, 3.05) is 26.3 Å². The quantitative estimate of drug-likeness (QED) is 0.671. The summed E-state index contributed by atoms with van der Waals surface area (Å²) in [6.45, 7) is 2.34. The summed E-state index contributed by atoms with van der Waals surface area (Å²) in [5, 5.41) is 21.3. The van der Waals surface area contributed by atoms with Crippen LogP contribution in [0.3, 0.4) is 0 Å². The topological polar surface area (TPSA) is 91.6 Å². The van der Waals surface area contributed by atoms with Crippen molar-refractivity contribution in [3.05, 3.63) is 29.8 Å². The van der Waals surface area contributed by atoms with Gasteiger partial charge in [-0.05, 0) is 19.1 Å². The van der Waals surface area contributed by atoms with Gasteiger partial charge in [0.25, 0.3) is 0 Å². The summed E-state index contributed by atoms with van der Waals surface area (Å²) < 4.78 is 10.1. The molecule has 0 amide bonds. The first-order valence-electron chi connectivity index (χ1n) is 6.33. The summed E-state index contributed by atoms with van der Waals surface area (Å²) in [5.41, 5.74) is 0.416. The van der Waals surface area contributed by atoms with E-state index in [4.69, 9.17) is 14.7 Å². The maximum Gasteiger partial charge on any atom is 0.319 e. The molecule has 0 aliphatic heterocycles. The first-order chi connectivity index (χ1) is 9.67. The molecule has 6 heteroatoms. The van der Waals surface area contributed by atoms with Crippen molar-refractivity contribution in [1.29, 1.82) is 5.26 Å². The Morgan fingerprint density at radius 1 is 1.50 bits per heavy atom. The Morgan fingerprint density at radius 2 is 2.25 bits per heavy atom. The van der Waals surface area contributed by atoms with Crippen molar-refractivity contribution < 1.29 is 19.4 Å². The summed E-state index contributed by atoms with van der Waals surface area (Å²) in [6, 6.07) is 8.80. The zero-order chi connectivity index (χ0) is 14.8. The van der Waals surface area contributed by atoms with Gasteiger partial charge in [0.2, 0.25) is 0 Å². The maximum atomic E-state index is 11.1. The molecule has 20 heavy (non-hydrogen) atoms. The summed E-state index contributed by atoms with van der Waals surface area (Å²) in [6.07, 6.45) is -0.781. The van der Waals surface area contributed by atoms with Gasteiger partial charge in [0.1, 0.15) is 24.5 Å². The molecule has 6 nitrogen and oxygen atoms in total. The van der Waals surface area contributed by atoms with Crippen LogP contribution < -0.4 is 10.1 Å². The highest BCUT2D eigenvalue weighted by Gasteiger charge is 2.08. The Labute approximate surface area is 117 Å². The number of nitrogens with zero attached hydrogens (tertiary/aromatic N) is 1. The molecule has 0 fully saturated rings. The Kier molecular flexibility index (Phi) is 7.11. The molecule has 108 valence electrons. The predicted molar refractivity (Wildman–Crippen MR) is 72.2 cm³/mol. The van der Waals surface area contributed by atoms with E-state index in [1.54, 1.807) is 31.2 Å². The number of benzene rings is 1. The molecule has 1 aromatic rings. The molecular formula is C14H18N2O4. The molecule has 1 rings (SSSR count). The van der Waals surface area contributed by atoms with Gasteiger partial charge in [-0.1, -0.05) is 12.1 Å². The fourth-order valence-corrected chi connectivity index (χ4v) is 1.48. The van der Waals surface area contributed by atoms with Gasteiger partial charge in [0.15, 0.2) is 0 Å². The lowest BCUT2D eigenvalue weighted by atomic mass is 10.2. The summed E-state index contributed by atoms with van der Waals surface area (Å²) >= 11 is 0. The van der Waals surface area contributed by atoms with Crippen LogP contribution in [-0.2, 0) is 9.53 Å². The molecule has 0 radical (unpaired) electrons. The number of rotatable bonds is 8. The van der Waals surface area contributed by atoms with E-state index in [1.165, 1.54) is 0 Å². The number of carbonyl (C=O) groups is 1. The van der Waals surface area contributed by atoms with E-state index in [0.717, 1.165) is 0 Å². The highest BCUT2D eigenvalue weighted by molar-refractivity contribution is 5.71. The minimum Gasteiger partial charge on any atom is -0.489 e. The number of nitrogens with one attached hydrogen (secondary N) is 1. The van der Waals surface area contributed by atoms with Gasteiger partial charge in [0, 0.05) is 6.54 Å². The molecule has 1 aromatic carbocycles. The minimum absolute atomic E-state index is 0.0362. The molecule has 1 atom stereocenters. The van der Waals surface area contributed by atoms with Crippen LogP contribution in [-0.4, -0.2) is 43.5 Å². The second-order valence-electron chi connectivity index (χ2n) is 4.01. The normalized spacial score (nSPS) is 11.4. The van der Waals surface area contributed by atoms with Crippen molar-refractivity contribution in [1.82, 2.24) is 5.32 Å². The number of esters is 1. The third kappa shape index (κ3) is 5.69. The zero-order valence-corrected chi connectivity index (χ0v) is 11.3. The number of hydrogen-bond donors (Lipinski definition) is 2. The Morgan fingerprint density at radius 3 is 2.95 bits per heavy atom. The van der Waals surface area contributed by atoms with E-state index >= 15 is 0 Å². The number of aliphatic hydroxyl groups excluding tert-OH is 1. The van der Waals surface area contributed by atoms with Gasteiger partial charge in [-0.15, -0.1) is 0 Å². The fourth-order valence-electron chi connectivity index (χ4n) is 1.48. The average Bonchev–Trinajstić information content (AvgIpc) is 2.45. The van der Waals surface area contributed by atoms with Crippen LogP contribution in [0.5, 0.6) is 5.75 Å². The van der Waals surface area contributed by atoms with Crippen molar-refractivity contribution in [2.24, 2.45) is 0 Å². The van der Waals surface area contributed by atoms with Crippen LogP contribution >= 0.6 is 0 Å². The highest BCUT2D eigenvalue weighted by atomic mass is 16.5. The lowest BCUT2D eigenvalue weighted by Crippen LogP contribution is -2.35. The fraction of sp³-hybridized carbons (Fsp3) is 0.429. The number of para-hydroxylation sites is 1. The van der Waals surface area contributed by atoms with E-state index in [-0.39, 0.29) is 25.7 Å². The predicted octanol–water partition coefficient (Wildman–Crippen LogP) is 0.451. The summed E-state index contributed by atoms with van der Waals surface area (Å²) in [4.78, 5) is 11.1. The lowest BCUT2D eigenvalue weighted by molar-refractivity contribution is -0.142. The highest BCUT2D eigenvalue weighted by Crippen LogP contribution is 2.16. The van der Waals surface area contributed by atoms with Gasteiger partial charge in [-0.3, -0.25) is 4.79 Å². The Bertz CT molecular complexity index is 470. The number of aliphatic hydroxyl groups is 1. The maximum absolute atomic E-state index is 11.1. The van der Waals surface area contributed by atoms with Gasteiger partial charge in [-0.25, -0.2) is 0 Å². The third-order valence-corrected chi connectivity index (χ3v) is 2.39. The molecule has 1 unspecified atom stereocenters. The molecule has 0 aliphatic rings. The van der Waals surface area contributed by atoms with Crippen LogP contribution in [0, 0.1) is 11.3 Å². The van der Waals surface area contributed by atoms with Gasteiger partial charge < -0.3 is 19.9 Å². The van der Waals surface area contributed by atoms with Crippen LogP contribution in [0.25, 0.3) is 0 Å². The molecule has 0 saturated heterocycles. The van der Waals surface area contributed by atoms with Crippen LogP contribution in [0.4, 0.5) is 0 Å². The van der Waals surface area contributed by atoms with E-state index in [2.05, 4.69) is 5.32 Å². The number of hydrogen-bond acceptors (Lipinski definition) is 6. The molecule has 0 saturated carbocycles. The molecule has 0 bridgehead atoms. The first-order valence-corrected chi connectivity index (χ1v) is 6.33. The Hall–Kier alpha value is -2.10. The van der Waals surface area contributed by atoms with E-state index in [9.17, 15) is 9.90 Å². The number of nitriles is 1. The first kappa shape index (κ1) is 16.0. The average molecular weight is 278 g/mol. The molecule has 0 spiro atoms. The van der Waals surface area contributed by atoms with E-state index < -0.39 is 6.10 Å². The van der Waals surface area contributed by atoms with Crippen LogP contribution in [0.15, 0.2) is 24.3 Å². The van der Waals surface area contributed by atoms with Gasteiger partial charge in [0.05, 0.1) is 18.7 Å². The SMILES string of the molecule is CCOC(=O)CNCC(O)COc1ccccc1C#N. The molecule has 0 heterocycles. The smallest absolute Gasteiger partial charge is 0.319 e. The number of carbonyl (C=O) groups excluding carboxylic acids is 1. The van der Waals surface area contributed by atoms with Crippen LogP contribution in [0.1, 0.15) is 12.5 Å². The van der Waals surface area contributed by atoms with Crippen LogP contribution in [0.2, 0.25) is 0 Å². The minimum atomic E-state index is -0.781. The molecular weight excluding hydrogens is 260 g/mol.